The van der Waals surface area contributed by atoms with Gasteiger partial charge in [0.25, 0.3) is 0 Å². The predicted molar refractivity (Wildman–Crippen MR) is 87.9 cm³/mol. The van der Waals surface area contributed by atoms with Crippen molar-refractivity contribution in [1.82, 2.24) is 9.73 Å². The van der Waals surface area contributed by atoms with Gasteiger partial charge in [-0.3, -0.25) is 4.79 Å². The lowest BCUT2D eigenvalue weighted by atomic mass is 9.99. The number of sulfonamides is 1. The Morgan fingerprint density at radius 1 is 1.39 bits per heavy atom. The van der Waals surface area contributed by atoms with E-state index in [-0.39, 0.29) is 18.4 Å². The summed E-state index contributed by atoms with van der Waals surface area (Å²) in [5.41, 5.74) is 3.31. The molecule has 2 rings (SSSR count). The van der Waals surface area contributed by atoms with Gasteiger partial charge in [0.15, 0.2) is 0 Å². The Kier molecular flexibility index (Phi) is 5.73. The van der Waals surface area contributed by atoms with Crippen molar-refractivity contribution in [3.05, 3.63) is 29.8 Å². The van der Waals surface area contributed by atoms with E-state index in [9.17, 15) is 13.2 Å². The number of nitrogens with zero attached hydrogens (tertiary/aromatic N) is 2. The molecular weight excluding hydrogens is 318 g/mol. The molecule has 126 valence electrons. The number of amides is 1. The smallest absolute Gasteiger partial charge is 0.244 e. The van der Waals surface area contributed by atoms with E-state index >= 15 is 0 Å². The molecule has 1 amide bonds. The van der Waals surface area contributed by atoms with Gasteiger partial charge in [0.2, 0.25) is 15.9 Å². The molecule has 0 aliphatic carbocycles. The van der Waals surface area contributed by atoms with E-state index in [2.05, 4.69) is 10.5 Å². The number of carbonyl (C=O) groups is 1. The van der Waals surface area contributed by atoms with Crippen molar-refractivity contribution in [2.75, 3.05) is 26.5 Å². The maximum Gasteiger partial charge on any atom is 0.244 e. The van der Waals surface area contributed by atoms with Gasteiger partial charge in [-0.1, -0.05) is 0 Å². The van der Waals surface area contributed by atoms with Gasteiger partial charge in [-0.25, -0.2) is 18.1 Å². The fraction of sp³-hybridized carbons (Fsp3) is 0.467. The van der Waals surface area contributed by atoms with Crippen LogP contribution in [0.2, 0.25) is 0 Å². The molecule has 0 saturated carbocycles. The van der Waals surface area contributed by atoms with Crippen LogP contribution in [0, 0.1) is 5.92 Å². The van der Waals surface area contributed by atoms with Gasteiger partial charge in [-0.05, 0) is 42.7 Å². The molecule has 1 unspecified atom stereocenters. The summed E-state index contributed by atoms with van der Waals surface area (Å²) < 4.78 is 29.5. The summed E-state index contributed by atoms with van der Waals surface area (Å²) in [6.45, 7) is 0.681. The Labute approximate surface area is 136 Å². The van der Waals surface area contributed by atoms with Crippen molar-refractivity contribution in [3.8, 4) is 5.75 Å². The maximum atomic E-state index is 12.1. The van der Waals surface area contributed by atoms with Crippen LogP contribution in [-0.4, -0.2) is 51.3 Å². The first kappa shape index (κ1) is 17.4. The van der Waals surface area contributed by atoms with Gasteiger partial charge in [-0.2, -0.15) is 5.10 Å². The number of methoxy groups -OCH3 is 1. The van der Waals surface area contributed by atoms with E-state index in [1.165, 1.54) is 10.5 Å². The minimum absolute atomic E-state index is 0.211. The minimum Gasteiger partial charge on any atom is -0.497 e. The van der Waals surface area contributed by atoms with Crippen molar-refractivity contribution >= 4 is 22.1 Å². The molecule has 1 aliphatic rings. The first-order valence-corrected chi connectivity index (χ1v) is 9.17. The third-order valence-corrected chi connectivity index (χ3v) is 5.00. The van der Waals surface area contributed by atoms with E-state index in [1.807, 2.05) is 12.1 Å². The van der Waals surface area contributed by atoms with Crippen LogP contribution in [-0.2, 0) is 14.8 Å². The van der Waals surface area contributed by atoms with Gasteiger partial charge < -0.3 is 4.74 Å². The van der Waals surface area contributed by atoms with Crippen LogP contribution in [0.15, 0.2) is 29.4 Å². The molecule has 1 atom stereocenters. The number of nitrogens with one attached hydrogen (secondary N) is 1. The summed E-state index contributed by atoms with van der Waals surface area (Å²) >= 11 is 0. The van der Waals surface area contributed by atoms with Crippen LogP contribution in [0.5, 0.6) is 5.75 Å². The number of benzene rings is 1. The molecule has 0 bridgehead atoms. The van der Waals surface area contributed by atoms with Gasteiger partial charge in [-0.15, -0.1) is 0 Å². The SMILES string of the molecule is COc1ccc(C=NNC(=O)C2CCCN(S(C)(=O)=O)C2)cc1. The summed E-state index contributed by atoms with van der Waals surface area (Å²) in [5.74, 6) is 0.115. The van der Waals surface area contributed by atoms with Crippen LogP contribution in [0.3, 0.4) is 0 Å². The average molecular weight is 339 g/mol. The fourth-order valence-corrected chi connectivity index (χ4v) is 3.32. The molecule has 8 heteroatoms. The van der Waals surface area contributed by atoms with E-state index in [0.29, 0.717) is 19.4 Å². The zero-order valence-corrected chi connectivity index (χ0v) is 14.0. The van der Waals surface area contributed by atoms with Crippen molar-refractivity contribution in [2.24, 2.45) is 11.0 Å². The molecule has 1 heterocycles. The Morgan fingerprint density at radius 2 is 2.09 bits per heavy atom. The van der Waals surface area contributed by atoms with Crippen molar-refractivity contribution in [2.45, 2.75) is 12.8 Å². The Morgan fingerprint density at radius 3 is 2.70 bits per heavy atom. The zero-order chi connectivity index (χ0) is 16.9. The lowest BCUT2D eigenvalue weighted by Gasteiger charge is -2.29. The summed E-state index contributed by atoms with van der Waals surface area (Å²) in [6.07, 6.45) is 4.03. The number of piperidine rings is 1. The molecule has 1 saturated heterocycles. The summed E-state index contributed by atoms with van der Waals surface area (Å²) in [7, 11) is -1.67. The quantitative estimate of drug-likeness (QED) is 0.635. The first-order chi connectivity index (χ1) is 10.9. The van der Waals surface area contributed by atoms with Crippen LogP contribution in [0.4, 0.5) is 0 Å². The maximum absolute atomic E-state index is 12.1. The van der Waals surface area contributed by atoms with Crippen LogP contribution < -0.4 is 10.2 Å². The number of hydrogen-bond donors (Lipinski definition) is 1. The van der Waals surface area contributed by atoms with Gasteiger partial charge in [0, 0.05) is 13.1 Å². The average Bonchev–Trinajstić information content (AvgIpc) is 2.54. The predicted octanol–water partition coefficient (Wildman–Crippen LogP) is 0.817. The second-order valence-corrected chi connectivity index (χ2v) is 7.45. The Hall–Kier alpha value is -1.93. The van der Waals surface area contributed by atoms with Crippen LogP contribution in [0.25, 0.3) is 0 Å². The summed E-state index contributed by atoms with van der Waals surface area (Å²) in [5, 5.41) is 3.93. The topological polar surface area (TPSA) is 88.1 Å². The Balaban J connectivity index is 1.89. The number of carbonyl (C=O) groups excluding carboxylic acids is 1. The third-order valence-electron chi connectivity index (χ3n) is 3.73. The van der Waals surface area contributed by atoms with Crippen molar-refractivity contribution < 1.29 is 17.9 Å². The zero-order valence-electron chi connectivity index (χ0n) is 13.2. The van der Waals surface area contributed by atoms with E-state index in [0.717, 1.165) is 17.6 Å². The van der Waals surface area contributed by atoms with Crippen LogP contribution >= 0.6 is 0 Å². The highest BCUT2D eigenvalue weighted by atomic mass is 32.2. The van der Waals surface area contributed by atoms with Gasteiger partial charge >= 0.3 is 0 Å². The molecule has 0 spiro atoms. The summed E-state index contributed by atoms with van der Waals surface area (Å²) in [4.78, 5) is 12.1. The molecule has 0 aromatic heterocycles. The molecule has 7 nitrogen and oxygen atoms in total. The first-order valence-electron chi connectivity index (χ1n) is 7.32. The number of hydrazone groups is 1. The molecule has 1 N–H and O–H groups in total. The molecule has 1 aliphatic heterocycles. The monoisotopic (exact) mass is 339 g/mol. The van der Waals surface area contributed by atoms with Gasteiger partial charge in [0.1, 0.15) is 5.75 Å². The lowest BCUT2D eigenvalue weighted by Crippen LogP contribution is -2.44. The van der Waals surface area contributed by atoms with Crippen molar-refractivity contribution in [3.63, 3.8) is 0 Å². The van der Waals surface area contributed by atoms with E-state index in [1.54, 1.807) is 19.2 Å². The molecule has 1 aromatic carbocycles. The highest BCUT2D eigenvalue weighted by Gasteiger charge is 2.29. The standard InChI is InChI=1S/C15H21N3O4S/c1-22-14-7-5-12(6-8-14)10-16-17-15(19)13-4-3-9-18(11-13)23(2,20)21/h5-8,10,13H,3-4,9,11H2,1-2H3,(H,17,19). The third kappa shape index (κ3) is 5.04. The van der Waals surface area contributed by atoms with E-state index in [4.69, 9.17) is 4.74 Å². The Bertz CT molecular complexity index is 670. The minimum atomic E-state index is -3.26. The van der Waals surface area contributed by atoms with E-state index < -0.39 is 10.0 Å². The molecule has 1 fully saturated rings. The number of hydrogen-bond acceptors (Lipinski definition) is 5. The normalized spacial score (nSPS) is 19.7. The number of rotatable bonds is 5. The van der Waals surface area contributed by atoms with Crippen molar-refractivity contribution in [1.29, 1.82) is 0 Å². The van der Waals surface area contributed by atoms with Gasteiger partial charge in [0.05, 0.1) is 25.5 Å². The summed E-state index contributed by atoms with van der Waals surface area (Å²) in [6, 6.07) is 7.24. The molecule has 23 heavy (non-hydrogen) atoms. The second kappa shape index (κ2) is 7.56. The largest absolute Gasteiger partial charge is 0.497 e. The lowest BCUT2D eigenvalue weighted by molar-refractivity contribution is -0.126. The highest BCUT2D eigenvalue weighted by Crippen LogP contribution is 2.18. The molecule has 1 aromatic rings. The molecule has 0 radical (unpaired) electrons. The fourth-order valence-electron chi connectivity index (χ4n) is 2.41. The molecular formula is C15H21N3O4S. The number of ether oxygens (including phenoxy) is 1. The highest BCUT2D eigenvalue weighted by molar-refractivity contribution is 7.88. The van der Waals surface area contributed by atoms with Crippen LogP contribution in [0.1, 0.15) is 18.4 Å². The second-order valence-electron chi connectivity index (χ2n) is 5.47.